The fourth-order valence-corrected chi connectivity index (χ4v) is 0. The predicted octanol–water partition coefficient (Wildman–Crippen LogP) is -1.50. The van der Waals surface area contributed by atoms with Crippen molar-refractivity contribution in [2.75, 3.05) is 6.54 Å². The summed E-state index contributed by atoms with van der Waals surface area (Å²) in [6.45, 7) is 4.34. The van der Waals surface area contributed by atoms with Gasteiger partial charge in [-0.2, -0.15) is 0 Å². The maximum atomic E-state index is 5.41. The number of hydrazine groups is 1. The molecule has 4 nitrogen and oxygen atoms in total. The van der Waals surface area contributed by atoms with Gasteiger partial charge in [0, 0.05) is 12.1 Å². The van der Waals surface area contributed by atoms with Gasteiger partial charge >= 0.3 is 0 Å². The second-order valence-corrected chi connectivity index (χ2v) is 2.19. The van der Waals surface area contributed by atoms with Crippen molar-refractivity contribution in [3.05, 3.63) is 0 Å². The average Bonchev–Trinajstić information content (AvgIpc) is 1.71. The van der Waals surface area contributed by atoms with Gasteiger partial charge in [0.05, 0.1) is 0 Å². The van der Waals surface area contributed by atoms with Gasteiger partial charge < -0.3 is 11.5 Å². The molecule has 8 heavy (non-hydrogen) atoms. The van der Waals surface area contributed by atoms with Gasteiger partial charge in [-0.1, -0.05) is 0 Å². The lowest BCUT2D eigenvalue weighted by atomic mass is 10.1. The van der Waals surface area contributed by atoms with Crippen LogP contribution in [0.4, 0.5) is 0 Å². The van der Waals surface area contributed by atoms with E-state index in [2.05, 4.69) is 11.7 Å². The molecule has 0 rings (SSSR count). The summed E-state index contributed by atoms with van der Waals surface area (Å²) in [4.78, 5) is 0. The normalized spacial score (nSPS) is 9.75. The van der Waals surface area contributed by atoms with Crippen molar-refractivity contribution in [1.82, 2.24) is 0 Å². The zero-order valence-electron chi connectivity index (χ0n) is 5.52. The fourth-order valence-electron chi connectivity index (χ4n) is 0. The SMILES string of the molecule is CC(C)(N)CN.NN. The lowest BCUT2D eigenvalue weighted by molar-refractivity contribution is 0.532. The molecular formula is C4H16N4. The topological polar surface area (TPSA) is 104 Å². The molecule has 0 aliphatic carbocycles. The molecule has 0 fully saturated rings. The minimum absolute atomic E-state index is 0.181. The molecule has 0 aromatic carbocycles. The summed E-state index contributed by atoms with van der Waals surface area (Å²) in [5.41, 5.74) is 10.4. The summed E-state index contributed by atoms with van der Waals surface area (Å²) in [5, 5.41) is 0. The Balaban J connectivity index is 0. The minimum atomic E-state index is -0.181. The molecule has 0 aliphatic rings. The molecule has 8 N–H and O–H groups in total. The van der Waals surface area contributed by atoms with Crippen molar-refractivity contribution in [3.63, 3.8) is 0 Å². The van der Waals surface area contributed by atoms with E-state index in [0.29, 0.717) is 6.54 Å². The van der Waals surface area contributed by atoms with Crippen LogP contribution in [0.2, 0.25) is 0 Å². The van der Waals surface area contributed by atoms with Crippen LogP contribution in [-0.2, 0) is 0 Å². The Kier molecular flexibility index (Phi) is 6.70. The van der Waals surface area contributed by atoms with Gasteiger partial charge in [0.1, 0.15) is 0 Å². The Labute approximate surface area is 50.2 Å². The van der Waals surface area contributed by atoms with Crippen molar-refractivity contribution in [3.8, 4) is 0 Å². The molecule has 0 saturated heterocycles. The van der Waals surface area contributed by atoms with E-state index in [4.69, 9.17) is 11.5 Å². The van der Waals surface area contributed by atoms with E-state index in [1.54, 1.807) is 0 Å². The Bertz CT molecular complexity index is 37.8. The molecule has 0 unspecified atom stereocenters. The predicted molar refractivity (Wildman–Crippen MR) is 35.7 cm³/mol. The summed E-state index contributed by atoms with van der Waals surface area (Å²) in [6, 6.07) is 0. The van der Waals surface area contributed by atoms with Crippen LogP contribution >= 0.6 is 0 Å². The molecule has 0 aliphatic heterocycles. The van der Waals surface area contributed by atoms with Crippen LogP contribution in [0, 0.1) is 0 Å². The van der Waals surface area contributed by atoms with Gasteiger partial charge in [0.2, 0.25) is 0 Å². The molecule has 52 valence electrons. The third-order valence-corrected chi connectivity index (χ3v) is 0.526. The lowest BCUT2D eigenvalue weighted by Crippen LogP contribution is -2.40. The standard InChI is InChI=1S/C4H12N2.H4N2/c1-4(2,6)3-5;1-2/h3,5-6H2,1-2H3;1-2H2. The molecule has 0 amide bonds. The van der Waals surface area contributed by atoms with Gasteiger partial charge in [0.15, 0.2) is 0 Å². The second kappa shape index (κ2) is 4.99. The van der Waals surface area contributed by atoms with E-state index in [1.807, 2.05) is 13.8 Å². The van der Waals surface area contributed by atoms with Gasteiger partial charge in [-0.25, -0.2) is 0 Å². The van der Waals surface area contributed by atoms with Crippen molar-refractivity contribution in [1.29, 1.82) is 0 Å². The summed E-state index contributed by atoms with van der Waals surface area (Å²) in [5.74, 6) is 8.00. The average molecular weight is 120 g/mol. The first-order valence-electron chi connectivity index (χ1n) is 2.38. The molecule has 0 bridgehead atoms. The van der Waals surface area contributed by atoms with E-state index in [0.717, 1.165) is 0 Å². The lowest BCUT2D eigenvalue weighted by Gasteiger charge is -2.13. The molecule has 0 heterocycles. The van der Waals surface area contributed by atoms with Gasteiger partial charge in [-0.05, 0) is 13.8 Å². The Morgan fingerprint density at radius 2 is 1.38 bits per heavy atom. The highest BCUT2D eigenvalue weighted by molar-refractivity contribution is 4.70. The first kappa shape index (κ1) is 10.8. The zero-order valence-corrected chi connectivity index (χ0v) is 5.52. The van der Waals surface area contributed by atoms with Crippen LogP contribution in [0.15, 0.2) is 0 Å². The highest BCUT2D eigenvalue weighted by Gasteiger charge is 2.04. The second-order valence-electron chi connectivity index (χ2n) is 2.19. The van der Waals surface area contributed by atoms with Gasteiger partial charge in [0.25, 0.3) is 0 Å². The first-order valence-corrected chi connectivity index (χ1v) is 2.38. The molecule has 0 radical (unpaired) electrons. The van der Waals surface area contributed by atoms with Crippen molar-refractivity contribution >= 4 is 0 Å². The van der Waals surface area contributed by atoms with E-state index in [-0.39, 0.29) is 5.54 Å². The number of rotatable bonds is 1. The Hall–Kier alpha value is -0.160. The van der Waals surface area contributed by atoms with Crippen LogP contribution < -0.4 is 23.2 Å². The molecule has 0 aromatic rings. The summed E-state index contributed by atoms with van der Waals surface area (Å²) < 4.78 is 0. The maximum Gasteiger partial charge on any atom is 0.0221 e. The molecular weight excluding hydrogens is 104 g/mol. The van der Waals surface area contributed by atoms with E-state index < -0.39 is 0 Å². The quantitative estimate of drug-likeness (QED) is 0.250. The molecule has 0 aromatic heterocycles. The maximum absolute atomic E-state index is 5.41. The van der Waals surface area contributed by atoms with Crippen molar-refractivity contribution in [2.24, 2.45) is 23.2 Å². The van der Waals surface area contributed by atoms with Gasteiger partial charge in [-0.3, -0.25) is 11.7 Å². The zero-order chi connectivity index (χ0) is 7.21. The molecule has 0 spiro atoms. The van der Waals surface area contributed by atoms with Crippen LogP contribution in [0.1, 0.15) is 13.8 Å². The third kappa shape index (κ3) is 17.0. The summed E-state index contributed by atoms with van der Waals surface area (Å²) in [6.07, 6.45) is 0. The molecule has 4 heteroatoms. The van der Waals surface area contributed by atoms with Crippen molar-refractivity contribution in [2.45, 2.75) is 19.4 Å². The largest absolute Gasteiger partial charge is 0.329 e. The molecule has 0 saturated carbocycles. The minimum Gasteiger partial charge on any atom is -0.329 e. The monoisotopic (exact) mass is 120 g/mol. The Morgan fingerprint density at radius 1 is 1.25 bits per heavy atom. The van der Waals surface area contributed by atoms with Crippen molar-refractivity contribution < 1.29 is 0 Å². The van der Waals surface area contributed by atoms with Gasteiger partial charge in [-0.15, -0.1) is 0 Å². The van der Waals surface area contributed by atoms with Crippen LogP contribution in [0.25, 0.3) is 0 Å². The highest BCUT2D eigenvalue weighted by atomic mass is 15.0. The van der Waals surface area contributed by atoms with E-state index in [9.17, 15) is 0 Å². The van der Waals surface area contributed by atoms with E-state index >= 15 is 0 Å². The third-order valence-electron chi connectivity index (χ3n) is 0.526. The fraction of sp³-hybridized carbons (Fsp3) is 1.00. The van der Waals surface area contributed by atoms with Crippen LogP contribution in [-0.4, -0.2) is 12.1 Å². The van der Waals surface area contributed by atoms with Crippen LogP contribution in [0.5, 0.6) is 0 Å². The van der Waals surface area contributed by atoms with Crippen LogP contribution in [0.3, 0.4) is 0 Å². The van der Waals surface area contributed by atoms with E-state index in [1.165, 1.54) is 0 Å². The highest BCUT2D eigenvalue weighted by Crippen LogP contribution is 1.88. The summed E-state index contributed by atoms with van der Waals surface area (Å²) >= 11 is 0. The number of nitrogens with two attached hydrogens (primary N) is 4. The molecule has 0 atom stereocenters. The first-order chi connectivity index (χ1) is 3.56. The smallest absolute Gasteiger partial charge is 0.0221 e. The summed E-state index contributed by atoms with van der Waals surface area (Å²) in [7, 11) is 0. The number of hydrogen-bond donors (Lipinski definition) is 4. The number of hydrogen-bond acceptors (Lipinski definition) is 4. The Morgan fingerprint density at radius 3 is 1.38 bits per heavy atom.